The van der Waals surface area contributed by atoms with Crippen LogP contribution in [0.5, 0.6) is 0 Å². The second-order valence-corrected chi connectivity index (χ2v) is 5.07. The molecular formula is C12H16ClN3O5. The highest BCUT2D eigenvalue weighted by Crippen LogP contribution is 2.19. The van der Waals surface area contributed by atoms with E-state index >= 15 is 0 Å². The zero-order chi connectivity index (χ0) is 16.0. The molecule has 1 amide bonds. The number of halogens is 1. The van der Waals surface area contributed by atoms with Gasteiger partial charge in [0.2, 0.25) is 0 Å². The minimum absolute atomic E-state index is 0.0474. The summed E-state index contributed by atoms with van der Waals surface area (Å²) >= 11 is 5.75. The summed E-state index contributed by atoms with van der Waals surface area (Å²) in [5.74, 6) is -0.645. The van der Waals surface area contributed by atoms with Crippen LogP contribution in [0.25, 0.3) is 0 Å². The molecule has 0 spiro atoms. The van der Waals surface area contributed by atoms with E-state index in [0.29, 0.717) is 13.0 Å². The van der Waals surface area contributed by atoms with Crippen LogP contribution in [0.3, 0.4) is 0 Å². The number of aliphatic hydroxyl groups is 1. The van der Waals surface area contributed by atoms with E-state index in [1.54, 1.807) is 6.92 Å². The average molecular weight is 318 g/mol. The average Bonchev–Trinajstić information content (AvgIpc) is 2.43. The Morgan fingerprint density at radius 3 is 2.90 bits per heavy atom. The first-order valence-corrected chi connectivity index (χ1v) is 6.44. The molecule has 21 heavy (non-hydrogen) atoms. The smallest absolute Gasteiger partial charge is 0.288 e. The summed E-state index contributed by atoms with van der Waals surface area (Å²) in [5, 5.41) is 23.0. The van der Waals surface area contributed by atoms with Crippen LogP contribution >= 0.6 is 11.6 Å². The Kier molecular flexibility index (Phi) is 6.01. The van der Waals surface area contributed by atoms with E-state index in [4.69, 9.17) is 16.3 Å². The molecule has 1 rings (SSSR count). The number of aromatic nitrogens is 1. The van der Waals surface area contributed by atoms with Crippen LogP contribution in [0, 0.1) is 10.1 Å². The van der Waals surface area contributed by atoms with Crippen molar-refractivity contribution in [1.82, 2.24) is 10.3 Å². The number of nitrogens with zero attached hydrogens (tertiary/aromatic N) is 2. The monoisotopic (exact) mass is 317 g/mol. The Balaban J connectivity index is 2.76. The highest BCUT2D eigenvalue weighted by Gasteiger charge is 2.23. The van der Waals surface area contributed by atoms with Crippen LogP contribution in [0.2, 0.25) is 5.15 Å². The maximum atomic E-state index is 12.0. The molecule has 0 aromatic carbocycles. The number of hydrogen-bond donors (Lipinski definition) is 2. The molecule has 0 fully saturated rings. The van der Waals surface area contributed by atoms with Gasteiger partial charge in [-0.25, -0.2) is 4.98 Å². The fraction of sp³-hybridized carbons (Fsp3) is 0.500. The van der Waals surface area contributed by atoms with Crippen molar-refractivity contribution in [1.29, 1.82) is 0 Å². The Morgan fingerprint density at radius 2 is 2.33 bits per heavy atom. The zero-order valence-electron chi connectivity index (χ0n) is 11.6. The largest absolute Gasteiger partial charge is 0.388 e. The van der Waals surface area contributed by atoms with Gasteiger partial charge in [-0.2, -0.15) is 0 Å². The third kappa shape index (κ3) is 5.25. The lowest BCUT2D eigenvalue weighted by Gasteiger charge is -2.23. The van der Waals surface area contributed by atoms with E-state index in [2.05, 4.69) is 10.3 Å². The third-order valence-corrected chi connectivity index (χ3v) is 3.06. The fourth-order valence-electron chi connectivity index (χ4n) is 1.47. The van der Waals surface area contributed by atoms with Crippen LogP contribution in [-0.2, 0) is 4.74 Å². The topological polar surface area (TPSA) is 115 Å². The molecule has 1 unspecified atom stereocenters. The SMILES string of the molecule is COCCC(C)(O)CNC(=O)c1cc([N+](=O)[O-])cnc1Cl. The van der Waals surface area contributed by atoms with Crippen LogP contribution in [-0.4, -0.2) is 46.8 Å². The van der Waals surface area contributed by atoms with Crippen molar-refractivity contribution >= 4 is 23.2 Å². The fourth-order valence-corrected chi connectivity index (χ4v) is 1.66. The molecule has 0 saturated heterocycles. The lowest BCUT2D eigenvalue weighted by atomic mass is 10.0. The number of rotatable bonds is 7. The highest BCUT2D eigenvalue weighted by atomic mass is 35.5. The predicted molar refractivity (Wildman–Crippen MR) is 75.4 cm³/mol. The number of nitrogens with one attached hydrogen (secondary N) is 1. The van der Waals surface area contributed by atoms with Gasteiger partial charge in [0.25, 0.3) is 11.6 Å². The lowest BCUT2D eigenvalue weighted by molar-refractivity contribution is -0.385. The number of ether oxygens (including phenoxy) is 1. The van der Waals surface area contributed by atoms with Gasteiger partial charge in [-0.1, -0.05) is 11.6 Å². The van der Waals surface area contributed by atoms with E-state index < -0.39 is 16.4 Å². The zero-order valence-corrected chi connectivity index (χ0v) is 12.4. The molecule has 1 aromatic rings. The highest BCUT2D eigenvalue weighted by molar-refractivity contribution is 6.32. The normalized spacial score (nSPS) is 13.5. The van der Waals surface area contributed by atoms with E-state index in [1.165, 1.54) is 7.11 Å². The molecular weight excluding hydrogens is 302 g/mol. The summed E-state index contributed by atoms with van der Waals surface area (Å²) in [7, 11) is 1.50. The van der Waals surface area contributed by atoms with Crippen molar-refractivity contribution in [3.05, 3.63) is 33.1 Å². The molecule has 8 nitrogen and oxygen atoms in total. The van der Waals surface area contributed by atoms with Crippen molar-refractivity contribution in [3.63, 3.8) is 0 Å². The van der Waals surface area contributed by atoms with Gasteiger partial charge < -0.3 is 15.2 Å². The molecule has 0 aliphatic heterocycles. The van der Waals surface area contributed by atoms with Crippen LogP contribution < -0.4 is 5.32 Å². The summed E-state index contributed by atoms with van der Waals surface area (Å²) in [6, 6.07) is 1.04. The summed E-state index contributed by atoms with van der Waals surface area (Å²) in [5.41, 5.74) is -1.61. The van der Waals surface area contributed by atoms with Crippen molar-refractivity contribution in [2.24, 2.45) is 0 Å². The molecule has 1 atom stereocenters. The second-order valence-electron chi connectivity index (χ2n) is 4.71. The van der Waals surface area contributed by atoms with Gasteiger partial charge in [0, 0.05) is 32.7 Å². The first-order chi connectivity index (χ1) is 9.76. The van der Waals surface area contributed by atoms with Crippen LogP contribution in [0.15, 0.2) is 12.3 Å². The predicted octanol–water partition coefficient (Wildman–Crippen LogP) is 1.16. The van der Waals surface area contributed by atoms with Gasteiger partial charge in [0.1, 0.15) is 11.3 Å². The Hall–Kier alpha value is -1.77. The minimum Gasteiger partial charge on any atom is -0.388 e. The first-order valence-electron chi connectivity index (χ1n) is 6.06. The second kappa shape index (κ2) is 7.30. The van der Waals surface area contributed by atoms with Crippen molar-refractivity contribution in [2.45, 2.75) is 18.9 Å². The number of pyridine rings is 1. The number of nitro groups is 1. The molecule has 0 radical (unpaired) electrons. The van der Waals surface area contributed by atoms with Gasteiger partial charge >= 0.3 is 0 Å². The Bertz CT molecular complexity index is 536. The Morgan fingerprint density at radius 1 is 1.67 bits per heavy atom. The quantitative estimate of drug-likeness (QED) is 0.443. The Labute approximate surface area is 126 Å². The van der Waals surface area contributed by atoms with Crippen molar-refractivity contribution in [3.8, 4) is 0 Å². The summed E-state index contributed by atoms with van der Waals surface area (Å²) in [6.45, 7) is 1.83. The van der Waals surface area contributed by atoms with Gasteiger partial charge in [-0.05, 0) is 6.92 Å². The maximum Gasteiger partial charge on any atom is 0.288 e. The van der Waals surface area contributed by atoms with E-state index in [9.17, 15) is 20.0 Å². The standard InChI is InChI=1S/C12H16ClN3O5/c1-12(18,3-4-21-2)7-15-11(17)9-5-8(16(19)20)6-14-10(9)13/h5-6,18H,3-4,7H2,1-2H3,(H,15,17). The molecule has 0 aliphatic carbocycles. The van der Waals surface area contributed by atoms with E-state index in [-0.39, 0.29) is 22.9 Å². The van der Waals surface area contributed by atoms with Gasteiger partial charge in [-0.15, -0.1) is 0 Å². The maximum absolute atomic E-state index is 12.0. The molecule has 116 valence electrons. The van der Waals surface area contributed by atoms with Gasteiger partial charge in [-0.3, -0.25) is 14.9 Å². The van der Waals surface area contributed by atoms with Crippen LogP contribution in [0.1, 0.15) is 23.7 Å². The van der Waals surface area contributed by atoms with Crippen molar-refractivity contribution in [2.75, 3.05) is 20.3 Å². The van der Waals surface area contributed by atoms with Gasteiger partial charge in [0.15, 0.2) is 0 Å². The molecule has 2 N–H and O–H groups in total. The van der Waals surface area contributed by atoms with E-state index in [0.717, 1.165) is 12.3 Å². The third-order valence-electron chi connectivity index (χ3n) is 2.75. The van der Waals surface area contributed by atoms with Gasteiger partial charge in [0.05, 0.1) is 16.1 Å². The minimum atomic E-state index is -1.16. The number of carbonyl (C=O) groups excluding carboxylic acids is 1. The van der Waals surface area contributed by atoms with Crippen LogP contribution in [0.4, 0.5) is 5.69 Å². The molecule has 0 bridgehead atoms. The number of methoxy groups -OCH3 is 1. The summed E-state index contributed by atoms with van der Waals surface area (Å²) < 4.78 is 4.85. The first kappa shape index (κ1) is 17.3. The lowest BCUT2D eigenvalue weighted by Crippen LogP contribution is -2.41. The molecule has 1 heterocycles. The van der Waals surface area contributed by atoms with E-state index in [1.807, 2.05) is 0 Å². The molecule has 0 saturated carbocycles. The number of amides is 1. The number of hydrogen-bond acceptors (Lipinski definition) is 6. The molecule has 0 aliphatic rings. The summed E-state index contributed by atoms with van der Waals surface area (Å²) in [6.07, 6.45) is 1.29. The number of carbonyl (C=O) groups is 1. The summed E-state index contributed by atoms with van der Waals surface area (Å²) in [4.78, 5) is 25.5. The molecule has 9 heteroatoms. The van der Waals surface area contributed by atoms with Crippen molar-refractivity contribution < 1.29 is 19.6 Å². The molecule has 1 aromatic heterocycles.